The zero-order valence-corrected chi connectivity index (χ0v) is 18.4. The van der Waals surface area contributed by atoms with E-state index in [0.29, 0.717) is 19.5 Å². The van der Waals surface area contributed by atoms with E-state index < -0.39 is 10.0 Å². The monoisotopic (exact) mass is 479 g/mol. The quantitative estimate of drug-likeness (QED) is 0.150. The highest BCUT2D eigenvalue weighted by Gasteiger charge is 2.01. The third kappa shape index (κ3) is 18.2. The average molecular weight is 479 g/mol. The first-order valence-electron chi connectivity index (χ1n) is 8.03. The van der Waals surface area contributed by atoms with E-state index in [1.165, 1.54) is 0 Å². The molecule has 3 N–H and O–H groups in total. The number of hydrogen-bond donors (Lipinski definition) is 3. The minimum absolute atomic E-state index is 0. The van der Waals surface area contributed by atoms with Crippen LogP contribution in [0.25, 0.3) is 0 Å². The number of methoxy groups -OCH3 is 1. The van der Waals surface area contributed by atoms with Gasteiger partial charge in [0, 0.05) is 53.0 Å². The van der Waals surface area contributed by atoms with Crippen LogP contribution >= 0.6 is 24.0 Å². The van der Waals surface area contributed by atoms with Crippen LogP contribution in [-0.4, -0.2) is 85.6 Å². The lowest BCUT2D eigenvalue weighted by Crippen LogP contribution is -2.41. The number of sulfonamides is 1. The van der Waals surface area contributed by atoms with Gasteiger partial charge in [0.1, 0.15) is 0 Å². The molecular weight excluding hydrogens is 445 g/mol. The van der Waals surface area contributed by atoms with Gasteiger partial charge in [-0.1, -0.05) is 0 Å². The van der Waals surface area contributed by atoms with E-state index >= 15 is 0 Å². The number of rotatable bonds is 13. The largest absolute Gasteiger partial charge is 0.385 e. The minimum Gasteiger partial charge on any atom is -0.385 e. The Morgan fingerprint density at radius 1 is 1.17 bits per heavy atom. The normalized spacial score (nSPS) is 12.1. The molecule has 0 unspecified atom stereocenters. The number of halogens is 1. The van der Waals surface area contributed by atoms with Gasteiger partial charge in [-0.15, -0.1) is 24.0 Å². The summed E-state index contributed by atoms with van der Waals surface area (Å²) in [6, 6.07) is 0. The number of aliphatic imine (C=N–C) groups is 1. The van der Waals surface area contributed by atoms with Crippen molar-refractivity contribution in [2.75, 3.05) is 66.3 Å². The van der Waals surface area contributed by atoms with Crippen LogP contribution < -0.4 is 15.4 Å². The summed E-state index contributed by atoms with van der Waals surface area (Å²) in [5.41, 5.74) is 0. The molecule has 0 aromatic rings. The molecule has 0 saturated carbocycles. The molecule has 0 fully saturated rings. The van der Waals surface area contributed by atoms with Crippen LogP contribution in [0.15, 0.2) is 4.99 Å². The van der Waals surface area contributed by atoms with E-state index in [0.717, 1.165) is 51.4 Å². The SMILES string of the molecule is CCNC(=NCCCNS(C)(=O)=O)NCCN(C)CCCOC.I. The first-order chi connectivity index (χ1) is 10.9. The van der Waals surface area contributed by atoms with Crippen molar-refractivity contribution in [2.24, 2.45) is 4.99 Å². The fourth-order valence-corrected chi connectivity index (χ4v) is 2.34. The third-order valence-corrected chi connectivity index (χ3v) is 3.72. The Bertz CT molecular complexity index is 421. The molecule has 0 amide bonds. The molecule has 24 heavy (non-hydrogen) atoms. The maximum atomic E-state index is 10.9. The summed E-state index contributed by atoms with van der Waals surface area (Å²) in [6.45, 7) is 7.28. The molecule has 0 atom stereocenters. The summed E-state index contributed by atoms with van der Waals surface area (Å²) in [4.78, 5) is 6.67. The second-order valence-corrected chi connectivity index (χ2v) is 7.19. The zero-order valence-electron chi connectivity index (χ0n) is 15.3. The van der Waals surface area contributed by atoms with Crippen molar-refractivity contribution in [3.05, 3.63) is 0 Å². The van der Waals surface area contributed by atoms with Gasteiger partial charge in [0.15, 0.2) is 5.96 Å². The molecular formula is C14H34IN5O3S. The Hall–Kier alpha value is -0.170. The maximum Gasteiger partial charge on any atom is 0.208 e. The molecule has 0 radical (unpaired) electrons. The summed E-state index contributed by atoms with van der Waals surface area (Å²) < 4.78 is 29.4. The third-order valence-electron chi connectivity index (χ3n) is 2.99. The fourth-order valence-electron chi connectivity index (χ4n) is 1.83. The lowest BCUT2D eigenvalue weighted by Gasteiger charge is -2.18. The van der Waals surface area contributed by atoms with E-state index in [2.05, 4.69) is 32.3 Å². The summed E-state index contributed by atoms with van der Waals surface area (Å²) in [6.07, 6.45) is 2.85. The highest BCUT2D eigenvalue weighted by atomic mass is 127. The maximum absolute atomic E-state index is 10.9. The first kappa shape index (κ1) is 26.1. The fraction of sp³-hybridized carbons (Fsp3) is 0.929. The van der Waals surface area contributed by atoms with Crippen LogP contribution in [-0.2, 0) is 14.8 Å². The minimum atomic E-state index is -3.11. The van der Waals surface area contributed by atoms with E-state index in [1.807, 2.05) is 6.92 Å². The Labute approximate surface area is 164 Å². The van der Waals surface area contributed by atoms with E-state index in [1.54, 1.807) is 7.11 Å². The first-order valence-corrected chi connectivity index (χ1v) is 9.92. The van der Waals surface area contributed by atoms with Gasteiger partial charge >= 0.3 is 0 Å². The lowest BCUT2D eigenvalue weighted by molar-refractivity contribution is 0.180. The van der Waals surface area contributed by atoms with Crippen LogP contribution in [0, 0.1) is 0 Å². The highest BCUT2D eigenvalue weighted by molar-refractivity contribution is 14.0. The molecule has 146 valence electrons. The average Bonchev–Trinajstić information content (AvgIpc) is 2.46. The predicted molar refractivity (Wildman–Crippen MR) is 111 cm³/mol. The Morgan fingerprint density at radius 2 is 1.88 bits per heavy atom. The molecule has 0 spiro atoms. The van der Waals surface area contributed by atoms with Gasteiger partial charge in [0.05, 0.1) is 6.26 Å². The van der Waals surface area contributed by atoms with Gasteiger partial charge in [-0.05, 0) is 26.8 Å². The van der Waals surface area contributed by atoms with Crippen LogP contribution in [0.1, 0.15) is 19.8 Å². The molecule has 0 aliphatic heterocycles. The molecule has 0 bridgehead atoms. The Morgan fingerprint density at radius 3 is 2.46 bits per heavy atom. The topological polar surface area (TPSA) is 95.1 Å². The van der Waals surface area contributed by atoms with Crippen LogP contribution in [0.4, 0.5) is 0 Å². The van der Waals surface area contributed by atoms with Crippen molar-refractivity contribution in [3.8, 4) is 0 Å². The Balaban J connectivity index is 0. The van der Waals surface area contributed by atoms with Gasteiger partial charge in [-0.25, -0.2) is 13.1 Å². The number of hydrogen-bond acceptors (Lipinski definition) is 5. The van der Waals surface area contributed by atoms with Crippen molar-refractivity contribution < 1.29 is 13.2 Å². The van der Waals surface area contributed by atoms with Crippen molar-refractivity contribution in [1.29, 1.82) is 0 Å². The second kappa shape index (κ2) is 16.3. The summed E-state index contributed by atoms with van der Waals surface area (Å²) >= 11 is 0. The van der Waals surface area contributed by atoms with Crippen LogP contribution in [0.2, 0.25) is 0 Å². The number of guanidine groups is 1. The standard InChI is InChI=1S/C14H33N5O3S.HI/c1-5-15-14(16-8-6-9-18-23(4,20)21)17-10-12-19(2)11-7-13-22-3;/h18H,5-13H2,1-4H3,(H2,15,16,17);1H. The molecule has 0 saturated heterocycles. The second-order valence-electron chi connectivity index (χ2n) is 5.36. The molecule has 8 nitrogen and oxygen atoms in total. The lowest BCUT2D eigenvalue weighted by atomic mass is 10.4. The highest BCUT2D eigenvalue weighted by Crippen LogP contribution is 1.87. The van der Waals surface area contributed by atoms with Crippen molar-refractivity contribution in [3.63, 3.8) is 0 Å². The molecule has 0 aliphatic rings. The Kier molecular flexibility index (Phi) is 17.7. The van der Waals surface area contributed by atoms with Gasteiger partial charge in [0.25, 0.3) is 0 Å². The van der Waals surface area contributed by atoms with Crippen molar-refractivity contribution >= 4 is 40.0 Å². The van der Waals surface area contributed by atoms with Gasteiger partial charge in [-0.3, -0.25) is 4.99 Å². The number of nitrogens with one attached hydrogen (secondary N) is 3. The van der Waals surface area contributed by atoms with Crippen LogP contribution in [0.5, 0.6) is 0 Å². The summed E-state index contributed by atoms with van der Waals surface area (Å²) in [7, 11) is 0.683. The molecule has 0 aliphatic carbocycles. The number of nitrogens with zero attached hydrogens (tertiary/aromatic N) is 2. The molecule has 0 rings (SSSR count). The summed E-state index contributed by atoms with van der Waals surface area (Å²) in [5.74, 6) is 0.761. The molecule has 10 heteroatoms. The zero-order chi connectivity index (χ0) is 17.6. The molecule has 0 heterocycles. The van der Waals surface area contributed by atoms with Gasteiger partial charge in [0.2, 0.25) is 10.0 Å². The molecule has 0 aromatic carbocycles. The smallest absolute Gasteiger partial charge is 0.208 e. The number of likely N-dealkylation sites (N-methyl/N-ethyl adjacent to an activating group) is 1. The van der Waals surface area contributed by atoms with Gasteiger partial charge in [-0.2, -0.15) is 0 Å². The number of ether oxygens (including phenoxy) is 1. The summed E-state index contributed by atoms with van der Waals surface area (Å²) in [5, 5.41) is 6.45. The molecule has 0 aromatic heterocycles. The van der Waals surface area contributed by atoms with E-state index in [-0.39, 0.29) is 24.0 Å². The predicted octanol–water partition coefficient (Wildman–Crippen LogP) is 0.0671. The van der Waals surface area contributed by atoms with E-state index in [9.17, 15) is 8.42 Å². The van der Waals surface area contributed by atoms with Crippen LogP contribution in [0.3, 0.4) is 0 Å². The van der Waals surface area contributed by atoms with E-state index in [4.69, 9.17) is 4.74 Å². The van der Waals surface area contributed by atoms with Gasteiger partial charge < -0.3 is 20.3 Å². The van der Waals surface area contributed by atoms with Crippen molar-refractivity contribution in [1.82, 2.24) is 20.3 Å². The van der Waals surface area contributed by atoms with Crippen molar-refractivity contribution in [2.45, 2.75) is 19.8 Å².